The molecule has 0 aromatic carbocycles. The molecule has 9 heteroatoms. The molecule has 166 valence electrons. The Hall–Kier alpha value is -2.42. The number of hydrogen-bond donors (Lipinski definition) is 1. The second kappa shape index (κ2) is 10.1. The van der Waals surface area contributed by atoms with Crippen molar-refractivity contribution in [2.24, 2.45) is 5.41 Å². The highest BCUT2D eigenvalue weighted by molar-refractivity contribution is 5.92. The van der Waals surface area contributed by atoms with Crippen LogP contribution in [0.25, 0.3) is 0 Å². The molecule has 1 unspecified atom stereocenters. The smallest absolute Gasteiger partial charge is 0.475 e. The zero-order valence-corrected chi connectivity index (χ0v) is 17.2. The lowest BCUT2D eigenvalue weighted by molar-refractivity contribution is -0.192. The van der Waals surface area contributed by atoms with Crippen LogP contribution in [0.3, 0.4) is 0 Å². The molecule has 1 fully saturated rings. The molecule has 1 aromatic rings. The third-order valence-electron chi connectivity index (χ3n) is 5.85. The molecule has 0 saturated carbocycles. The number of carboxylic acid groups (broad SMARTS) is 1. The second-order valence-corrected chi connectivity index (χ2v) is 7.71. The first-order valence-electron chi connectivity index (χ1n) is 9.98. The number of aliphatic carboxylic acids is 1. The number of likely N-dealkylation sites (tertiary alicyclic amines) is 1. The quantitative estimate of drug-likeness (QED) is 0.746. The van der Waals surface area contributed by atoms with Crippen molar-refractivity contribution in [3.05, 3.63) is 42.2 Å². The van der Waals surface area contributed by atoms with E-state index in [0.29, 0.717) is 17.2 Å². The van der Waals surface area contributed by atoms with Crippen molar-refractivity contribution in [1.82, 2.24) is 14.8 Å². The average molecular weight is 427 g/mol. The third-order valence-corrected chi connectivity index (χ3v) is 5.85. The Morgan fingerprint density at radius 2 is 1.90 bits per heavy atom. The summed E-state index contributed by atoms with van der Waals surface area (Å²) < 4.78 is 31.7. The summed E-state index contributed by atoms with van der Waals surface area (Å²) in [6.07, 6.45) is 6.06. The molecule has 2 aliphatic rings. The van der Waals surface area contributed by atoms with Crippen LogP contribution in [0.4, 0.5) is 13.2 Å². The predicted molar refractivity (Wildman–Crippen MR) is 106 cm³/mol. The molecular formula is C21H28F3N3O3. The first-order chi connectivity index (χ1) is 14.1. The van der Waals surface area contributed by atoms with Gasteiger partial charge in [0.25, 0.3) is 5.91 Å². The zero-order chi connectivity index (χ0) is 22.4. The van der Waals surface area contributed by atoms with Gasteiger partial charge in [0.2, 0.25) is 0 Å². The molecule has 2 heterocycles. The molecule has 1 aromatic heterocycles. The minimum Gasteiger partial charge on any atom is -0.475 e. The van der Waals surface area contributed by atoms with Gasteiger partial charge in [-0.1, -0.05) is 25.1 Å². The summed E-state index contributed by atoms with van der Waals surface area (Å²) in [7, 11) is 2.20. The van der Waals surface area contributed by atoms with Crippen LogP contribution in [0, 0.1) is 5.41 Å². The zero-order valence-electron chi connectivity index (χ0n) is 17.2. The van der Waals surface area contributed by atoms with Gasteiger partial charge in [-0.3, -0.25) is 9.78 Å². The molecule has 1 amide bonds. The van der Waals surface area contributed by atoms with Gasteiger partial charge in [0, 0.05) is 25.3 Å². The van der Waals surface area contributed by atoms with E-state index in [1.165, 1.54) is 12.8 Å². The number of carbonyl (C=O) groups excluding carboxylic acids is 1. The fraction of sp³-hybridized carbons (Fsp3) is 0.571. The standard InChI is InChI=1S/C19H27N3O.C2HF3O2/c1-3-21(2)16-7-9-19(10-8-16)11-14-22(15-12-19)18(23)17-6-4-5-13-20-17;3-2(4,5)1(6)7/h4-7,9,13,16H,3,8,10-12,14-15H2,1-2H3;(H,6,7). The van der Waals surface area contributed by atoms with E-state index in [4.69, 9.17) is 9.90 Å². The van der Waals surface area contributed by atoms with Crippen molar-refractivity contribution < 1.29 is 27.9 Å². The van der Waals surface area contributed by atoms with E-state index in [0.717, 1.165) is 32.5 Å². The van der Waals surface area contributed by atoms with Gasteiger partial charge in [0.15, 0.2) is 0 Å². The molecule has 1 spiro atoms. The lowest BCUT2D eigenvalue weighted by atomic mass is 9.71. The van der Waals surface area contributed by atoms with E-state index in [1.54, 1.807) is 12.3 Å². The largest absolute Gasteiger partial charge is 0.490 e. The number of amides is 1. The summed E-state index contributed by atoms with van der Waals surface area (Å²) in [5, 5.41) is 7.12. The number of allylic oxidation sites excluding steroid dienone is 1. The number of carbonyl (C=O) groups is 2. The fourth-order valence-corrected chi connectivity index (χ4v) is 3.75. The van der Waals surface area contributed by atoms with Gasteiger partial charge in [-0.25, -0.2) is 4.79 Å². The molecule has 1 aliphatic carbocycles. The molecule has 3 rings (SSSR count). The Balaban J connectivity index is 0.000000396. The van der Waals surface area contributed by atoms with Crippen LogP contribution in [-0.2, 0) is 4.79 Å². The molecule has 1 N–H and O–H groups in total. The van der Waals surface area contributed by atoms with Gasteiger partial charge in [0.1, 0.15) is 5.69 Å². The number of pyridine rings is 1. The molecule has 30 heavy (non-hydrogen) atoms. The third kappa shape index (κ3) is 6.29. The van der Waals surface area contributed by atoms with E-state index in [2.05, 4.69) is 36.0 Å². The van der Waals surface area contributed by atoms with Crippen LogP contribution in [0.5, 0.6) is 0 Å². The summed E-state index contributed by atoms with van der Waals surface area (Å²) in [6.45, 7) is 4.98. The summed E-state index contributed by atoms with van der Waals surface area (Å²) in [5.41, 5.74) is 0.874. The van der Waals surface area contributed by atoms with Gasteiger partial charge >= 0.3 is 12.1 Å². The average Bonchev–Trinajstić information content (AvgIpc) is 2.74. The van der Waals surface area contributed by atoms with E-state index in [1.807, 2.05) is 17.0 Å². The molecule has 1 atom stereocenters. The topological polar surface area (TPSA) is 73.7 Å². The first-order valence-corrected chi connectivity index (χ1v) is 9.98. The lowest BCUT2D eigenvalue weighted by Gasteiger charge is -2.43. The van der Waals surface area contributed by atoms with E-state index in [-0.39, 0.29) is 5.91 Å². The Kier molecular flexibility index (Phi) is 8.00. The Morgan fingerprint density at radius 1 is 1.27 bits per heavy atom. The van der Waals surface area contributed by atoms with Crippen molar-refractivity contribution >= 4 is 11.9 Å². The molecule has 6 nitrogen and oxygen atoms in total. The van der Waals surface area contributed by atoms with Gasteiger partial charge in [-0.05, 0) is 56.8 Å². The van der Waals surface area contributed by atoms with Crippen molar-refractivity contribution in [2.75, 3.05) is 26.7 Å². The number of piperidine rings is 1. The van der Waals surface area contributed by atoms with Crippen LogP contribution >= 0.6 is 0 Å². The fourth-order valence-electron chi connectivity index (χ4n) is 3.75. The normalized spacial score (nSPS) is 20.6. The van der Waals surface area contributed by atoms with Crippen molar-refractivity contribution in [1.29, 1.82) is 0 Å². The maximum atomic E-state index is 12.5. The Morgan fingerprint density at radius 3 is 2.33 bits per heavy atom. The molecule has 0 bridgehead atoms. The molecule has 0 radical (unpaired) electrons. The number of aromatic nitrogens is 1. The summed E-state index contributed by atoms with van der Waals surface area (Å²) in [6, 6.07) is 6.11. The van der Waals surface area contributed by atoms with E-state index < -0.39 is 12.1 Å². The summed E-state index contributed by atoms with van der Waals surface area (Å²) in [4.78, 5) is 29.9. The predicted octanol–water partition coefficient (Wildman–Crippen LogP) is 3.61. The van der Waals surface area contributed by atoms with Crippen LogP contribution in [-0.4, -0.2) is 70.7 Å². The van der Waals surface area contributed by atoms with Crippen LogP contribution in [0.15, 0.2) is 36.5 Å². The highest BCUT2D eigenvalue weighted by atomic mass is 19.4. The number of halogens is 3. The number of carboxylic acids is 1. The first kappa shape index (κ1) is 23.9. The lowest BCUT2D eigenvalue weighted by Crippen LogP contribution is -2.44. The van der Waals surface area contributed by atoms with E-state index >= 15 is 0 Å². The van der Waals surface area contributed by atoms with Gasteiger partial charge in [-0.2, -0.15) is 13.2 Å². The summed E-state index contributed by atoms with van der Waals surface area (Å²) >= 11 is 0. The number of hydrogen-bond acceptors (Lipinski definition) is 4. The minimum absolute atomic E-state index is 0.0730. The van der Waals surface area contributed by atoms with Crippen molar-refractivity contribution in [3.8, 4) is 0 Å². The highest BCUT2D eigenvalue weighted by Gasteiger charge is 2.38. The van der Waals surface area contributed by atoms with Crippen molar-refractivity contribution in [3.63, 3.8) is 0 Å². The minimum atomic E-state index is -5.08. The monoisotopic (exact) mass is 427 g/mol. The number of nitrogens with zero attached hydrogens (tertiary/aromatic N) is 3. The van der Waals surface area contributed by atoms with Crippen LogP contribution in [0.1, 0.15) is 43.1 Å². The summed E-state index contributed by atoms with van der Waals surface area (Å²) in [5.74, 6) is -2.68. The van der Waals surface area contributed by atoms with Gasteiger partial charge in [-0.15, -0.1) is 0 Å². The van der Waals surface area contributed by atoms with Crippen LogP contribution in [0.2, 0.25) is 0 Å². The Labute approximate surface area is 174 Å². The van der Waals surface area contributed by atoms with Crippen molar-refractivity contribution in [2.45, 2.75) is 44.8 Å². The van der Waals surface area contributed by atoms with E-state index in [9.17, 15) is 18.0 Å². The molecular weight excluding hydrogens is 399 g/mol. The number of likely N-dealkylation sites (N-methyl/N-ethyl adjacent to an activating group) is 1. The second-order valence-electron chi connectivity index (χ2n) is 7.71. The molecule has 1 saturated heterocycles. The molecule has 1 aliphatic heterocycles. The number of rotatable bonds is 3. The van der Waals surface area contributed by atoms with Gasteiger partial charge in [0.05, 0.1) is 0 Å². The maximum absolute atomic E-state index is 12.5. The SMILES string of the molecule is CCN(C)C1C=CC2(CC1)CCN(C(=O)c1ccccn1)CC2.O=C(O)C(F)(F)F. The van der Waals surface area contributed by atoms with Crippen LogP contribution < -0.4 is 0 Å². The Bertz CT molecular complexity index is 745. The number of alkyl halides is 3. The maximum Gasteiger partial charge on any atom is 0.490 e. The van der Waals surface area contributed by atoms with Gasteiger partial charge < -0.3 is 14.9 Å². The highest BCUT2D eigenvalue weighted by Crippen LogP contribution is 2.41.